The first-order valence-electron chi connectivity index (χ1n) is 28.9. The van der Waals surface area contributed by atoms with Crippen LogP contribution in [0.25, 0.3) is 6.08 Å². The highest BCUT2D eigenvalue weighted by atomic mass is 16.7. The predicted octanol–water partition coefficient (Wildman–Crippen LogP) is 10.1. The molecule has 6 aromatic rings. The van der Waals surface area contributed by atoms with Crippen molar-refractivity contribution in [1.29, 1.82) is 0 Å². The number of fused-ring (bicyclic) bond motifs is 3. The van der Waals surface area contributed by atoms with Gasteiger partial charge >= 0.3 is 11.9 Å². The van der Waals surface area contributed by atoms with E-state index in [2.05, 4.69) is 46.4 Å². The van der Waals surface area contributed by atoms with Gasteiger partial charge in [-0.1, -0.05) is 61.5 Å². The third-order valence-corrected chi connectivity index (χ3v) is 14.9. The molecule has 3 aliphatic rings. The Hall–Kier alpha value is -8.91. The van der Waals surface area contributed by atoms with Crippen LogP contribution in [-0.2, 0) is 52.7 Å². The van der Waals surface area contributed by atoms with E-state index in [-0.39, 0.29) is 41.9 Å². The van der Waals surface area contributed by atoms with Crippen LogP contribution in [0.3, 0.4) is 0 Å². The molecule has 5 unspecified atom stereocenters. The van der Waals surface area contributed by atoms with E-state index in [1.54, 1.807) is 104 Å². The molecule has 0 bridgehead atoms. The summed E-state index contributed by atoms with van der Waals surface area (Å²) in [5.74, 6) is 2.66. The Balaban J connectivity index is 0.000000227. The molecule has 0 fully saturated rings. The number of methoxy groups -OCH3 is 8. The second kappa shape index (κ2) is 37.6. The molecule has 5 atom stereocenters. The maximum Gasteiger partial charge on any atom is 0.310 e. The van der Waals surface area contributed by atoms with E-state index < -0.39 is 24.1 Å². The fraction of sp³-hybridized carbons (Fsp3) is 0.377. The number of amides is 3. The molecule has 0 saturated carbocycles. The minimum absolute atomic E-state index is 0.0123. The van der Waals surface area contributed by atoms with Crippen LogP contribution in [0.4, 0.5) is 0 Å². The third kappa shape index (κ3) is 22.7. The highest BCUT2D eigenvalue weighted by Crippen LogP contribution is 2.30. The second-order valence-corrected chi connectivity index (χ2v) is 20.7. The van der Waals surface area contributed by atoms with Crippen LogP contribution in [-0.4, -0.2) is 129 Å². The Kier molecular flexibility index (Phi) is 30.6. The summed E-state index contributed by atoms with van der Waals surface area (Å²) in [6.45, 7) is 12.8. The number of benzene rings is 6. The maximum atomic E-state index is 12.0. The minimum Gasteiger partial charge on any atom is -0.497 e. The molecule has 0 radical (unpaired) electrons. The first-order chi connectivity index (χ1) is 42.2. The number of rotatable bonds is 16. The molecule has 19 nitrogen and oxygen atoms in total. The SMILES string of the molecule is COc1ccc2c(c1)C(C)C(=O)NC=C2.COc1ccc2c(c1)C(C)C(=O)NCC2.COc1ccc2c(c1)C(C)CNCC2.COc1cccc(C(C)C(=O)NCC(OC)OC)c1.COc1cccc(C(C)C(=O)O)c1.COc1cccc(CC(=O)O)c1. The summed E-state index contributed by atoms with van der Waals surface area (Å²) in [7, 11) is 12.8. The topological polar surface area (TPSA) is 248 Å². The van der Waals surface area contributed by atoms with Crippen molar-refractivity contribution < 1.29 is 72.1 Å². The lowest BCUT2D eigenvalue weighted by atomic mass is 9.95. The fourth-order valence-electron chi connectivity index (χ4n) is 9.34. The number of ether oxygens (including phenoxy) is 8. The monoisotopic (exact) mass is 1210 g/mol. The zero-order valence-electron chi connectivity index (χ0n) is 52.9. The number of hydrogen-bond donors (Lipinski definition) is 6. The van der Waals surface area contributed by atoms with Gasteiger partial charge in [-0.15, -0.1) is 0 Å². The number of carboxylic acid groups (broad SMARTS) is 2. The second-order valence-electron chi connectivity index (χ2n) is 20.7. The van der Waals surface area contributed by atoms with Crippen molar-refractivity contribution in [2.75, 3.05) is 83.1 Å². The quantitative estimate of drug-likeness (QED) is 0.0493. The molecule has 0 aromatic heterocycles. The Labute approximate surface area is 518 Å². The summed E-state index contributed by atoms with van der Waals surface area (Å²) in [5, 5.41) is 29.1. The van der Waals surface area contributed by atoms with Crippen molar-refractivity contribution in [1.82, 2.24) is 21.3 Å². The van der Waals surface area contributed by atoms with Gasteiger partial charge in [-0.2, -0.15) is 0 Å². The summed E-state index contributed by atoms with van der Waals surface area (Å²) < 4.78 is 40.7. The maximum absolute atomic E-state index is 12.0. The summed E-state index contributed by atoms with van der Waals surface area (Å²) in [6.07, 6.45) is 5.21. The lowest BCUT2D eigenvalue weighted by Gasteiger charge is -2.17. The number of nitrogens with one attached hydrogen (secondary N) is 4. The molecule has 19 heteroatoms. The van der Waals surface area contributed by atoms with Crippen molar-refractivity contribution in [2.45, 2.75) is 89.8 Å². The van der Waals surface area contributed by atoms with E-state index in [1.807, 2.05) is 87.5 Å². The van der Waals surface area contributed by atoms with Gasteiger partial charge in [-0.3, -0.25) is 24.0 Å². The van der Waals surface area contributed by atoms with Crippen LogP contribution in [0, 0.1) is 0 Å². The van der Waals surface area contributed by atoms with Crippen LogP contribution in [0.5, 0.6) is 34.5 Å². The lowest BCUT2D eigenvalue weighted by Crippen LogP contribution is -2.36. The van der Waals surface area contributed by atoms with E-state index in [0.29, 0.717) is 24.0 Å². The number of carbonyl (C=O) groups is 5. The standard InChI is InChI=1S/C14H21NO4.C12H15NO2.C12H13NO2.C12H17NO.C10H12O3.C9H10O3/c1-10(11-6-5-7-12(8-11)17-2)14(16)15-9-13(18-3)19-4;2*1-8-11-7-10(15-2)4-3-9(11)5-6-13-12(8)14;1-9-8-13-6-5-10-3-4-11(14-2)7-12(9)10;1-7(10(11)12)8-4-3-5-9(6-8)13-2;1-12-8-4-2-3-7(5-8)6-9(10)11/h5-8,10,13H,9H2,1-4H3,(H,15,16);3-4,7-8H,5-6H2,1-2H3,(H,13,14);3-8H,1-2H3,(H,13,14);3-4,7,9,13H,5-6,8H2,1-2H3;3-7H,1-2H3,(H,11,12);2-5H,6H2,1H3,(H,10,11). The van der Waals surface area contributed by atoms with Crippen molar-refractivity contribution in [3.63, 3.8) is 0 Å². The molecule has 9 rings (SSSR count). The fourth-order valence-corrected chi connectivity index (χ4v) is 9.34. The summed E-state index contributed by atoms with van der Waals surface area (Å²) >= 11 is 0. The molecule has 6 aromatic carbocycles. The first-order valence-corrected chi connectivity index (χ1v) is 28.9. The smallest absolute Gasteiger partial charge is 0.310 e. The Bertz CT molecular complexity index is 3220. The highest BCUT2D eigenvalue weighted by Gasteiger charge is 2.23. The van der Waals surface area contributed by atoms with Crippen LogP contribution in [0.15, 0.2) is 134 Å². The van der Waals surface area contributed by atoms with Crippen molar-refractivity contribution in [3.05, 3.63) is 184 Å². The Morgan fingerprint density at radius 1 is 0.557 bits per heavy atom. The van der Waals surface area contributed by atoms with Gasteiger partial charge in [-0.05, 0) is 182 Å². The third-order valence-electron chi connectivity index (χ3n) is 14.9. The molecule has 3 amide bonds. The molecule has 3 heterocycles. The van der Waals surface area contributed by atoms with Crippen molar-refractivity contribution in [2.24, 2.45) is 0 Å². The highest BCUT2D eigenvalue weighted by molar-refractivity contribution is 5.88. The average Bonchev–Trinajstić information content (AvgIpc) is 4.08. The van der Waals surface area contributed by atoms with E-state index >= 15 is 0 Å². The van der Waals surface area contributed by atoms with Gasteiger partial charge in [0, 0.05) is 33.5 Å². The molecule has 0 spiro atoms. The number of aliphatic carboxylic acids is 2. The van der Waals surface area contributed by atoms with Gasteiger partial charge in [0.2, 0.25) is 17.7 Å². The van der Waals surface area contributed by atoms with Gasteiger partial charge in [0.15, 0.2) is 6.29 Å². The summed E-state index contributed by atoms with van der Waals surface area (Å²) in [5.41, 5.74) is 9.70. The first kappa shape index (κ1) is 71.6. The number of hydrogen-bond acceptors (Lipinski definition) is 14. The lowest BCUT2D eigenvalue weighted by molar-refractivity contribution is -0.138. The molecular formula is C69H88N4O15. The Morgan fingerprint density at radius 2 is 1.03 bits per heavy atom. The summed E-state index contributed by atoms with van der Waals surface area (Å²) in [4.78, 5) is 56.2. The zero-order valence-corrected chi connectivity index (χ0v) is 52.9. The number of carbonyl (C=O) groups excluding carboxylic acids is 3. The van der Waals surface area contributed by atoms with Crippen LogP contribution >= 0.6 is 0 Å². The van der Waals surface area contributed by atoms with Gasteiger partial charge in [-0.25, -0.2) is 0 Å². The van der Waals surface area contributed by atoms with Crippen molar-refractivity contribution >= 4 is 35.7 Å². The Morgan fingerprint density at radius 3 is 1.58 bits per heavy atom. The normalized spacial score (nSPS) is 15.8. The number of carboxylic acids is 2. The van der Waals surface area contributed by atoms with E-state index in [0.717, 1.165) is 88.9 Å². The molecule has 3 aliphatic heterocycles. The van der Waals surface area contributed by atoms with Gasteiger partial charge < -0.3 is 69.4 Å². The molecule has 0 aliphatic carbocycles. The van der Waals surface area contributed by atoms with Crippen LogP contribution in [0.2, 0.25) is 0 Å². The molecule has 474 valence electrons. The zero-order chi connectivity index (χ0) is 64.7. The minimum atomic E-state index is -0.830. The molecule has 88 heavy (non-hydrogen) atoms. The van der Waals surface area contributed by atoms with Crippen LogP contribution in [0.1, 0.15) is 114 Å². The van der Waals surface area contributed by atoms with E-state index in [1.165, 1.54) is 30.9 Å². The molecular weight excluding hydrogens is 1120 g/mol. The largest absolute Gasteiger partial charge is 0.497 e. The predicted molar refractivity (Wildman–Crippen MR) is 340 cm³/mol. The van der Waals surface area contributed by atoms with Crippen molar-refractivity contribution in [3.8, 4) is 34.5 Å². The van der Waals surface area contributed by atoms with Gasteiger partial charge in [0.1, 0.15) is 34.5 Å². The molecule has 0 saturated heterocycles. The molecule has 6 N–H and O–H groups in total. The van der Waals surface area contributed by atoms with E-state index in [4.69, 9.17) is 48.1 Å². The van der Waals surface area contributed by atoms with E-state index in [9.17, 15) is 24.0 Å². The van der Waals surface area contributed by atoms with Crippen LogP contribution < -0.4 is 49.7 Å². The average molecular weight is 1210 g/mol. The summed E-state index contributed by atoms with van der Waals surface area (Å²) in [6, 6.07) is 39.7. The van der Waals surface area contributed by atoms with Gasteiger partial charge in [0.05, 0.1) is 79.3 Å². The van der Waals surface area contributed by atoms with Gasteiger partial charge in [0.25, 0.3) is 0 Å².